The van der Waals surface area contributed by atoms with Crippen molar-refractivity contribution in [3.8, 4) is 5.75 Å². The molecular weight excluding hydrogens is 550 g/mol. The summed E-state index contributed by atoms with van der Waals surface area (Å²) < 4.78 is 32.6. The molecule has 1 aliphatic carbocycles. The number of nitrogens with one attached hydrogen (secondary N) is 1. The molecule has 1 saturated carbocycles. The van der Waals surface area contributed by atoms with E-state index in [1.807, 2.05) is 74.5 Å². The van der Waals surface area contributed by atoms with Crippen LogP contribution >= 0.6 is 0 Å². The first-order valence-electron chi connectivity index (χ1n) is 14.4. The zero-order valence-corrected chi connectivity index (χ0v) is 25.7. The minimum atomic E-state index is -3.82. The molecule has 1 atom stereocenters. The van der Waals surface area contributed by atoms with Crippen molar-refractivity contribution in [3.63, 3.8) is 0 Å². The van der Waals surface area contributed by atoms with Crippen LogP contribution in [0.25, 0.3) is 0 Å². The standard InChI is InChI=1S/C33H41N3O5S/c1-24-17-25(2)19-29(18-24)36(42(4,39)40)23-32(37)35(22-27-13-10-16-30(20-27)41-3)31(21-26-11-6-5-7-12-26)33(38)34-28-14-8-9-15-28/h5-7,10-13,16-20,28,31H,8-9,14-15,21-23H2,1-4H3,(H,34,38). The van der Waals surface area contributed by atoms with E-state index in [1.165, 1.54) is 4.90 Å². The highest BCUT2D eigenvalue weighted by Crippen LogP contribution is 2.24. The molecule has 3 aromatic carbocycles. The molecule has 0 aliphatic heterocycles. The van der Waals surface area contributed by atoms with Gasteiger partial charge in [0.15, 0.2) is 0 Å². The second-order valence-corrected chi connectivity index (χ2v) is 13.1. The van der Waals surface area contributed by atoms with Crippen LogP contribution in [0.3, 0.4) is 0 Å². The molecule has 224 valence electrons. The van der Waals surface area contributed by atoms with Crippen molar-refractivity contribution in [2.75, 3.05) is 24.2 Å². The van der Waals surface area contributed by atoms with E-state index in [1.54, 1.807) is 19.2 Å². The van der Waals surface area contributed by atoms with Gasteiger partial charge in [-0.3, -0.25) is 13.9 Å². The maximum Gasteiger partial charge on any atom is 0.244 e. The second-order valence-electron chi connectivity index (χ2n) is 11.2. The number of carbonyl (C=O) groups excluding carboxylic acids is 2. The third-order valence-corrected chi connectivity index (χ3v) is 8.77. The molecule has 1 N–H and O–H groups in total. The predicted molar refractivity (Wildman–Crippen MR) is 166 cm³/mol. The minimum Gasteiger partial charge on any atom is -0.497 e. The van der Waals surface area contributed by atoms with Gasteiger partial charge in [-0.2, -0.15) is 0 Å². The number of aryl methyl sites for hydroxylation is 2. The Hall–Kier alpha value is -3.85. The highest BCUT2D eigenvalue weighted by molar-refractivity contribution is 7.92. The van der Waals surface area contributed by atoms with Gasteiger partial charge in [0.05, 0.1) is 19.1 Å². The number of hydrogen-bond acceptors (Lipinski definition) is 5. The Kier molecular flexibility index (Phi) is 10.3. The average Bonchev–Trinajstić information content (AvgIpc) is 3.46. The summed E-state index contributed by atoms with van der Waals surface area (Å²) in [5.74, 6) is -0.0767. The van der Waals surface area contributed by atoms with Gasteiger partial charge in [0, 0.05) is 19.0 Å². The molecule has 9 heteroatoms. The van der Waals surface area contributed by atoms with Crippen molar-refractivity contribution in [2.24, 2.45) is 0 Å². The Balaban J connectivity index is 1.75. The molecule has 0 radical (unpaired) electrons. The van der Waals surface area contributed by atoms with Crippen LogP contribution in [-0.4, -0.2) is 57.1 Å². The van der Waals surface area contributed by atoms with Gasteiger partial charge >= 0.3 is 0 Å². The fourth-order valence-electron chi connectivity index (χ4n) is 5.60. The van der Waals surface area contributed by atoms with Crippen molar-refractivity contribution < 1.29 is 22.7 Å². The Bertz CT molecular complexity index is 1470. The average molecular weight is 592 g/mol. The number of nitrogens with zero attached hydrogens (tertiary/aromatic N) is 2. The van der Waals surface area contributed by atoms with Crippen molar-refractivity contribution >= 4 is 27.5 Å². The van der Waals surface area contributed by atoms with Gasteiger partial charge < -0.3 is 15.0 Å². The number of ether oxygens (including phenoxy) is 1. The van der Waals surface area contributed by atoms with Crippen molar-refractivity contribution in [1.82, 2.24) is 10.2 Å². The first-order chi connectivity index (χ1) is 20.0. The maximum absolute atomic E-state index is 14.3. The minimum absolute atomic E-state index is 0.0623. The number of anilines is 1. The van der Waals surface area contributed by atoms with Crippen LogP contribution in [0.4, 0.5) is 5.69 Å². The summed E-state index contributed by atoms with van der Waals surface area (Å²) in [5, 5.41) is 3.18. The Labute approximate surface area is 249 Å². The SMILES string of the molecule is COc1cccc(CN(C(=O)CN(c2cc(C)cc(C)c2)S(C)(=O)=O)C(Cc2ccccc2)C(=O)NC2CCCC2)c1. The lowest BCUT2D eigenvalue weighted by atomic mass is 10.0. The smallest absolute Gasteiger partial charge is 0.244 e. The Morgan fingerprint density at radius 3 is 2.19 bits per heavy atom. The molecule has 1 unspecified atom stereocenters. The molecule has 1 aliphatic rings. The van der Waals surface area contributed by atoms with Crippen LogP contribution in [-0.2, 0) is 32.6 Å². The van der Waals surface area contributed by atoms with Crippen LogP contribution in [0.5, 0.6) is 5.75 Å². The van der Waals surface area contributed by atoms with Gasteiger partial charge in [0.1, 0.15) is 18.3 Å². The van der Waals surface area contributed by atoms with E-state index in [2.05, 4.69) is 5.32 Å². The Morgan fingerprint density at radius 1 is 0.929 bits per heavy atom. The maximum atomic E-state index is 14.3. The number of amides is 2. The number of benzene rings is 3. The third kappa shape index (κ3) is 8.35. The molecular formula is C33H41N3O5S. The fraction of sp³-hybridized carbons (Fsp3) is 0.394. The van der Waals surface area contributed by atoms with Crippen molar-refractivity contribution in [2.45, 2.75) is 64.6 Å². The summed E-state index contributed by atoms with van der Waals surface area (Å²) >= 11 is 0. The number of methoxy groups -OCH3 is 1. The van der Waals surface area contributed by atoms with E-state index in [0.717, 1.165) is 58.5 Å². The monoisotopic (exact) mass is 591 g/mol. The van der Waals surface area contributed by atoms with E-state index in [4.69, 9.17) is 4.74 Å². The Morgan fingerprint density at radius 2 is 1.57 bits per heavy atom. The summed E-state index contributed by atoms with van der Waals surface area (Å²) in [7, 11) is -2.25. The first kappa shape index (κ1) is 31.1. The molecule has 0 spiro atoms. The summed E-state index contributed by atoms with van der Waals surface area (Å²) in [6.45, 7) is 3.44. The molecule has 1 fully saturated rings. The van der Waals surface area contributed by atoms with Crippen LogP contribution < -0.4 is 14.4 Å². The van der Waals surface area contributed by atoms with Gasteiger partial charge in [-0.1, -0.05) is 61.4 Å². The summed E-state index contributed by atoms with van der Waals surface area (Å²) in [4.78, 5) is 29.7. The van der Waals surface area contributed by atoms with Gasteiger partial charge in [-0.05, 0) is 73.2 Å². The van der Waals surface area contributed by atoms with Crippen molar-refractivity contribution in [3.05, 3.63) is 95.1 Å². The number of carbonyl (C=O) groups is 2. The molecule has 0 heterocycles. The van der Waals surface area contributed by atoms with E-state index in [-0.39, 0.29) is 24.9 Å². The molecule has 3 aromatic rings. The van der Waals surface area contributed by atoms with E-state index in [0.29, 0.717) is 11.4 Å². The molecule has 0 bridgehead atoms. The lowest BCUT2D eigenvalue weighted by Gasteiger charge is -2.34. The third-order valence-electron chi connectivity index (χ3n) is 7.63. The molecule has 4 rings (SSSR count). The summed E-state index contributed by atoms with van der Waals surface area (Å²) in [6, 6.07) is 21.6. The van der Waals surface area contributed by atoms with Crippen LogP contribution in [0.15, 0.2) is 72.8 Å². The largest absolute Gasteiger partial charge is 0.497 e. The van der Waals surface area contributed by atoms with E-state index >= 15 is 0 Å². The number of sulfonamides is 1. The molecule has 0 saturated heterocycles. The van der Waals surface area contributed by atoms with Crippen LogP contribution in [0, 0.1) is 13.8 Å². The van der Waals surface area contributed by atoms with Crippen LogP contribution in [0.2, 0.25) is 0 Å². The number of rotatable bonds is 12. The van der Waals surface area contributed by atoms with E-state index < -0.39 is 28.5 Å². The molecule has 0 aromatic heterocycles. The van der Waals surface area contributed by atoms with Crippen LogP contribution in [0.1, 0.15) is 47.9 Å². The molecule has 8 nitrogen and oxygen atoms in total. The van der Waals surface area contributed by atoms with Crippen molar-refractivity contribution in [1.29, 1.82) is 0 Å². The zero-order valence-electron chi connectivity index (χ0n) is 24.9. The second kappa shape index (κ2) is 13.9. The predicted octanol–water partition coefficient (Wildman–Crippen LogP) is 4.78. The van der Waals surface area contributed by atoms with Gasteiger partial charge in [-0.15, -0.1) is 0 Å². The molecule has 42 heavy (non-hydrogen) atoms. The lowest BCUT2D eigenvalue weighted by Crippen LogP contribution is -2.54. The quantitative estimate of drug-likeness (QED) is 0.327. The fourth-order valence-corrected chi connectivity index (χ4v) is 6.43. The lowest BCUT2D eigenvalue weighted by molar-refractivity contribution is -0.140. The van der Waals surface area contributed by atoms with Gasteiger partial charge in [0.25, 0.3) is 0 Å². The topological polar surface area (TPSA) is 96.0 Å². The zero-order chi connectivity index (χ0) is 30.3. The highest BCUT2D eigenvalue weighted by Gasteiger charge is 2.34. The summed E-state index contributed by atoms with van der Waals surface area (Å²) in [5.41, 5.74) is 3.86. The highest BCUT2D eigenvalue weighted by atomic mass is 32.2. The summed E-state index contributed by atoms with van der Waals surface area (Å²) in [6.07, 6.45) is 5.31. The normalized spacial score (nSPS) is 14.3. The van der Waals surface area contributed by atoms with Gasteiger partial charge in [0.2, 0.25) is 21.8 Å². The molecule has 2 amide bonds. The van der Waals surface area contributed by atoms with Gasteiger partial charge in [-0.25, -0.2) is 8.42 Å². The number of hydrogen-bond donors (Lipinski definition) is 1. The first-order valence-corrected chi connectivity index (χ1v) is 16.2. The van der Waals surface area contributed by atoms with E-state index in [9.17, 15) is 18.0 Å².